The van der Waals surface area contributed by atoms with E-state index in [0.29, 0.717) is 6.42 Å². The molecular formula is C21H30N6O6S. The number of sulfone groups is 1. The number of anilines is 2. The van der Waals surface area contributed by atoms with E-state index in [0.717, 1.165) is 31.5 Å². The van der Waals surface area contributed by atoms with E-state index in [1.165, 1.54) is 17.7 Å². The SMILES string of the molecule is CCOC(=O)CN(CC1C=C(CN2CCCC2)C=CC1)c1nc(S(C)(=O)=O)nc(N)c1[N+](=O)[O-]. The number of aromatic nitrogens is 2. The number of ether oxygens (including phenoxy) is 1. The summed E-state index contributed by atoms with van der Waals surface area (Å²) in [6.07, 6.45) is 10.1. The molecule has 13 heteroatoms. The number of hydrogen-bond donors (Lipinski definition) is 1. The molecule has 3 rings (SSSR count). The smallest absolute Gasteiger partial charge is 0.353 e. The number of hydrogen-bond acceptors (Lipinski definition) is 11. The molecule has 2 N–H and O–H groups in total. The molecule has 0 spiro atoms. The van der Waals surface area contributed by atoms with Gasteiger partial charge in [-0.25, -0.2) is 8.42 Å². The van der Waals surface area contributed by atoms with Crippen molar-refractivity contribution in [2.24, 2.45) is 5.92 Å². The molecule has 2 heterocycles. The van der Waals surface area contributed by atoms with Crippen molar-refractivity contribution in [2.45, 2.75) is 31.3 Å². The van der Waals surface area contributed by atoms with E-state index in [1.54, 1.807) is 6.92 Å². The molecule has 1 aromatic rings. The summed E-state index contributed by atoms with van der Waals surface area (Å²) >= 11 is 0. The summed E-state index contributed by atoms with van der Waals surface area (Å²) in [7, 11) is -3.91. The summed E-state index contributed by atoms with van der Waals surface area (Å²) < 4.78 is 29.2. The molecule has 186 valence electrons. The van der Waals surface area contributed by atoms with E-state index in [1.807, 2.05) is 6.08 Å². The van der Waals surface area contributed by atoms with Crippen LogP contribution in [0.5, 0.6) is 0 Å². The third-order valence-corrected chi connectivity index (χ3v) is 6.44. The van der Waals surface area contributed by atoms with E-state index < -0.39 is 37.4 Å². The van der Waals surface area contributed by atoms with Gasteiger partial charge in [-0.15, -0.1) is 0 Å². The number of rotatable bonds is 10. The average Bonchev–Trinajstić information content (AvgIpc) is 3.25. The van der Waals surface area contributed by atoms with Gasteiger partial charge in [0.1, 0.15) is 6.54 Å². The minimum Gasteiger partial charge on any atom is -0.465 e. The highest BCUT2D eigenvalue weighted by Crippen LogP contribution is 2.33. The quantitative estimate of drug-likeness (QED) is 0.216. The lowest BCUT2D eigenvalue weighted by molar-refractivity contribution is -0.383. The average molecular weight is 495 g/mol. The molecule has 1 aliphatic carbocycles. The zero-order valence-electron chi connectivity index (χ0n) is 19.3. The Bertz CT molecular complexity index is 1100. The number of carbonyl (C=O) groups excluding carboxylic acids is 1. The number of nitrogens with two attached hydrogens (primary N) is 1. The zero-order chi connectivity index (χ0) is 24.9. The Morgan fingerprint density at radius 1 is 1.35 bits per heavy atom. The van der Waals surface area contributed by atoms with Crippen molar-refractivity contribution in [3.8, 4) is 0 Å². The molecule has 2 aliphatic rings. The maximum absolute atomic E-state index is 12.3. The molecule has 12 nitrogen and oxygen atoms in total. The van der Waals surface area contributed by atoms with Gasteiger partial charge in [0.25, 0.3) is 5.16 Å². The number of esters is 1. The Morgan fingerprint density at radius 3 is 2.68 bits per heavy atom. The number of likely N-dealkylation sites (tertiary alicyclic amines) is 1. The summed E-state index contributed by atoms with van der Waals surface area (Å²) in [6, 6.07) is 0. The first-order valence-corrected chi connectivity index (χ1v) is 13.0. The molecule has 1 aromatic heterocycles. The van der Waals surface area contributed by atoms with Crippen molar-refractivity contribution in [1.29, 1.82) is 0 Å². The highest BCUT2D eigenvalue weighted by Gasteiger charge is 2.32. The van der Waals surface area contributed by atoms with Crippen LogP contribution < -0.4 is 10.6 Å². The lowest BCUT2D eigenvalue weighted by atomic mass is 9.95. The Morgan fingerprint density at radius 2 is 2.06 bits per heavy atom. The van der Waals surface area contributed by atoms with Crippen LogP contribution in [-0.2, 0) is 19.4 Å². The van der Waals surface area contributed by atoms with Gasteiger partial charge in [0.15, 0.2) is 0 Å². The van der Waals surface area contributed by atoms with Crippen LogP contribution in [0, 0.1) is 16.0 Å². The third-order valence-electron chi connectivity index (χ3n) is 5.59. The van der Waals surface area contributed by atoms with Crippen molar-refractivity contribution in [3.05, 3.63) is 33.9 Å². The van der Waals surface area contributed by atoms with Gasteiger partial charge < -0.3 is 15.4 Å². The van der Waals surface area contributed by atoms with E-state index in [-0.39, 0.29) is 31.4 Å². The standard InChI is InChI=1S/C21H30N6O6S/c1-3-33-17(28)14-26(13-16-8-6-7-15(11-16)12-25-9-4-5-10-25)20-18(27(29)30)19(22)23-21(24-20)34(2,31)32/h6-7,11,16H,3-5,8-10,12-14H2,1-2H3,(H2,22,23,24). The van der Waals surface area contributed by atoms with Crippen LogP contribution in [0.1, 0.15) is 26.2 Å². The maximum Gasteiger partial charge on any atom is 0.353 e. The highest BCUT2D eigenvalue weighted by molar-refractivity contribution is 7.90. The number of nitro groups is 1. The Balaban J connectivity index is 1.97. The van der Waals surface area contributed by atoms with Crippen molar-refractivity contribution < 1.29 is 22.9 Å². The Labute approximate surface area is 198 Å². The van der Waals surface area contributed by atoms with Crippen LogP contribution in [0.4, 0.5) is 17.3 Å². The minimum atomic E-state index is -3.91. The molecule has 1 fully saturated rings. The lowest BCUT2D eigenvalue weighted by Gasteiger charge is -2.28. The number of nitrogens with zero attached hydrogens (tertiary/aromatic N) is 5. The highest BCUT2D eigenvalue weighted by atomic mass is 32.2. The van der Waals surface area contributed by atoms with E-state index >= 15 is 0 Å². The summed E-state index contributed by atoms with van der Waals surface area (Å²) in [5.74, 6) is -1.62. The molecular weight excluding hydrogens is 464 g/mol. The predicted molar refractivity (Wildman–Crippen MR) is 126 cm³/mol. The Kier molecular flexibility index (Phi) is 8.20. The van der Waals surface area contributed by atoms with Crippen LogP contribution in [-0.4, -0.2) is 79.8 Å². The van der Waals surface area contributed by atoms with Crippen LogP contribution in [0.25, 0.3) is 0 Å². The number of carbonyl (C=O) groups is 1. The van der Waals surface area contributed by atoms with Crippen LogP contribution in [0.15, 0.2) is 29.0 Å². The van der Waals surface area contributed by atoms with Gasteiger partial charge in [0.2, 0.25) is 21.5 Å². The molecule has 0 amide bonds. The van der Waals surface area contributed by atoms with Crippen molar-refractivity contribution in [3.63, 3.8) is 0 Å². The Hall–Kier alpha value is -3.06. The number of nitrogen functional groups attached to an aromatic ring is 1. The fraction of sp³-hybridized carbons (Fsp3) is 0.571. The van der Waals surface area contributed by atoms with E-state index in [4.69, 9.17) is 10.5 Å². The first-order valence-electron chi connectivity index (χ1n) is 11.1. The van der Waals surface area contributed by atoms with Gasteiger partial charge in [-0.3, -0.25) is 19.8 Å². The van der Waals surface area contributed by atoms with Gasteiger partial charge in [0, 0.05) is 19.3 Å². The topological polar surface area (TPSA) is 162 Å². The van der Waals surface area contributed by atoms with Crippen molar-refractivity contribution >= 4 is 33.1 Å². The van der Waals surface area contributed by atoms with Gasteiger partial charge >= 0.3 is 11.7 Å². The minimum absolute atomic E-state index is 0.0884. The maximum atomic E-state index is 12.3. The molecule has 1 aliphatic heterocycles. The lowest BCUT2D eigenvalue weighted by Crippen LogP contribution is -2.37. The second-order valence-electron chi connectivity index (χ2n) is 8.40. The second-order valence-corrected chi connectivity index (χ2v) is 10.3. The third kappa shape index (κ3) is 6.50. The summed E-state index contributed by atoms with van der Waals surface area (Å²) in [5.41, 5.74) is 6.24. The molecule has 1 unspecified atom stereocenters. The van der Waals surface area contributed by atoms with Crippen LogP contribution in [0.3, 0.4) is 0 Å². The molecule has 1 saturated heterocycles. The normalized spacial score (nSPS) is 18.5. The molecule has 34 heavy (non-hydrogen) atoms. The fourth-order valence-corrected chi connectivity index (χ4v) is 4.64. The van der Waals surface area contributed by atoms with Gasteiger partial charge in [-0.2, -0.15) is 9.97 Å². The predicted octanol–water partition coefficient (Wildman–Crippen LogP) is 1.34. The summed E-state index contributed by atoms with van der Waals surface area (Å²) in [6.45, 7) is 4.49. The first-order chi connectivity index (χ1) is 16.1. The van der Waals surface area contributed by atoms with E-state index in [9.17, 15) is 23.3 Å². The monoisotopic (exact) mass is 494 g/mol. The second kappa shape index (κ2) is 10.9. The summed E-state index contributed by atoms with van der Waals surface area (Å²) in [4.78, 5) is 34.6. The molecule has 1 atom stereocenters. The van der Waals surface area contributed by atoms with Gasteiger partial charge in [0.05, 0.1) is 11.5 Å². The molecule has 0 radical (unpaired) electrons. The van der Waals surface area contributed by atoms with Crippen LogP contribution in [0.2, 0.25) is 0 Å². The van der Waals surface area contributed by atoms with Gasteiger partial charge in [-0.1, -0.05) is 18.2 Å². The first kappa shape index (κ1) is 25.6. The van der Waals surface area contributed by atoms with Crippen molar-refractivity contribution in [2.75, 3.05) is 56.2 Å². The molecule has 0 bridgehead atoms. The summed E-state index contributed by atoms with van der Waals surface area (Å²) in [5, 5.41) is 11.1. The van der Waals surface area contributed by atoms with E-state index in [2.05, 4.69) is 27.0 Å². The number of allylic oxidation sites excluding steroid dienone is 1. The largest absolute Gasteiger partial charge is 0.465 e. The molecule has 0 aromatic carbocycles. The molecule has 0 saturated carbocycles. The fourth-order valence-electron chi connectivity index (χ4n) is 4.12. The zero-order valence-corrected chi connectivity index (χ0v) is 20.2. The van der Waals surface area contributed by atoms with Crippen LogP contribution >= 0.6 is 0 Å². The van der Waals surface area contributed by atoms with Crippen molar-refractivity contribution in [1.82, 2.24) is 14.9 Å². The van der Waals surface area contributed by atoms with Gasteiger partial charge in [-0.05, 0) is 50.8 Å².